The van der Waals surface area contributed by atoms with Crippen molar-refractivity contribution in [2.24, 2.45) is 15.7 Å². The van der Waals surface area contributed by atoms with E-state index >= 15 is 0 Å². The average molecular weight is 477 g/mol. The van der Waals surface area contributed by atoms with Crippen molar-refractivity contribution in [3.8, 4) is 27.6 Å². The first-order valence-corrected chi connectivity index (χ1v) is 11.1. The van der Waals surface area contributed by atoms with Crippen molar-refractivity contribution in [1.82, 2.24) is 9.97 Å². The summed E-state index contributed by atoms with van der Waals surface area (Å²) in [6, 6.07) is 11.9. The predicted molar refractivity (Wildman–Crippen MR) is 128 cm³/mol. The fourth-order valence-corrected chi connectivity index (χ4v) is 4.70. The number of pyridine rings is 2. The van der Waals surface area contributed by atoms with Gasteiger partial charge in [-0.2, -0.15) is 0 Å². The van der Waals surface area contributed by atoms with Gasteiger partial charge in [-0.05, 0) is 42.0 Å². The van der Waals surface area contributed by atoms with Gasteiger partial charge in [-0.1, -0.05) is 0 Å². The van der Waals surface area contributed by atoms with Crippen LogP contribution in [0.15, 0.2) is 69.5 Å². The topological polar surface area (TPSA) is 106 Å². The van der Waals surface area contributed by atoms with Crippen LogP contribution in [0.4, 0.5) is 14.5 Å². The maximum absolute atomic E-state index is 14.2. The molecule has 0 bridgehead atoms. The minimum atomic E-state index is -0.797. The van der Waals surface area contributed by atoms with Gasteiger partial charge >= 0.3 is 0 Å². The fraction of sp³-hybridized carbons (Fsp3) is 0.0833. The SMILES string of the molecule is NC=NC(=Nc1ccc(F)cc1F)c1cc2c(s1)-c1nc(-c3ccc(=O)[nH]c3)ccc1OCC2. The molecule has 0 radical (unpaired) electrons. The van der Waals surface area contributed by atoms with Crippen molar-refractivity contribution in [2.45, 2.75) is 6.42 Å². The zero-order valence-electron chi connectivity index (χ0n) is 17.6. The van der Waals surface area contributed by atoms with Crippen LogP contribution >= 0.6 is 11.3 Å². The molecular formula is C24H17F2N5O2S. The number of nitrogens with zero attached hydrogens (tertiary/aromatic N) is 3. The van der Waals surface area contributed by atoms with Gasteiger partial charge in [0.25, 0.3) is 0 Å². The van der Waals surface area contributed by atoms with E-state index in [9.17, 15) is 13.6 Å². The van der Waals surface area contributed by atoms with Crippen LogP contribution in [0, 0.1) is 11.6 Å². The molecule has 4 heterocycles. The van der Waals surface area contributed by atoms with Gasteiger partial charge in [0.1, 0.15) is 22.9 Å². The van der Waals surface area contributed by atoms with E-state index in [-0.39, 0.29) is 17.1 Å². The van der Waals surface area contributed by atoms with Gasteiger partial charge in [0, 0.05) is 30.3 Å². The number of rotatable bonds is 3. The molecule has 0 spiro atoms. The molecule has 1 aliphatic rings. The normalized spacial score (nSPS) is 13.3. The molecule has 7 nitrogen and oxygen atoms in total. The zero-order chi connectivity index (χ0) is 23.7. The van der Waals surface area contributed by atoms with Gasteiger partial charge < -0.3 is 15.5 Å². The fourth-order valence-electron chi connectivity index (χ4n) is 3.56. The summed E-state index contributed by atoms with van der Waals surface area (Å²) in [5.74, 6) is -0.658. The number of hydrogen-bond acceptors (Lipinski definition) is 5. The molecule has 0 unspecified atom stereocenters. The second-order valence-corrected chi connectivity index (χ2v) is 8.41. The lowest BCUT2D eigenvalue weighted by atomic mass is 10.1. The summed E-state index contributed by atoms with van der Waals surface area (Å²) < 4.78 is 33.4. The molecule has 0 aliphatic carbocycles. The highest BCUT2D eigenvalue weighted by molar-refractivity contribution is 7.17. The number of nitrogens with one attached hydrogen (secondary N) is 1. The molecular weight excluding hydrogens is 460 g/mol. The van der Waals surface area contributed by atoms with Crippen LogP contribution in [0.3, 0.4) is 0 Å². The molecule has 0 amide bonds. The maximum Gasteiger partial charge on any atom is 0.247 e. The van der Waals surface area contributed by atoms with E-state index in [0.717, 1.165) is 34.5 Å². The van der Waals surface area contributed by atoms with Crippen LogP contribution in [0.5, 0.6) is 5.75 Å². The molecule has 0 saturated carbocycles. The minimum absolute atomic E-state index is 0.0483. The Morgan fingerprint density at radius 2 is 2.06 bits per heavy atom. The second kappa shape index (κ2) is 8.99. The molecule has 1 aromatic carbocycles. The van der Waals surface area contributed by atoms with Gasteiger partial charge in [-0.25, -0.2) is 23.7 Å². The van der Waals surface area contributed by atoms with E-state index in [1.54, 1.807) is 12.3 Å². The summed E-state index contributed by atoms with van der Waals surface area (Å²) in [6.45, 7) is 0.453. The quantitative estimate of drug-likeness (QED) is 0.336. The zero-order valence-corrected chi connectivity index (χ0v) is 18.4. The largest absolute Gasteiger partial charge is 0.491 e. The van der Waals surface area contributed by atoms with E-state index < -0.39 is 11.6 Å². The molecule has 170 valence electrons. The Morgan fingerprint density at radius 1 is 1.18 bits per heavy atom. The van der Waals surface area contributed by atoms with Gasteiger partial charge in [0.15, 0.2) is 11.7 Å². The summed E-state index contributed by atoms with van der Waals surface area (Å²) >= 11 is 1.38. The van der Waals surface area contributed by atoms with Crippen LogP contribution in [-0.4, -0.2) is 28.7 Å². The van der Waals surface area contributed by atoms with E-state index in [2.05, 4.69) is 15.0 Å². The van der Waals surface area contributed by atoms with E-state index in [1.165, 1.54) is 23.5 Å². The molecule has 0 atom stereocenters. The highest BCUT2D eigenvalue weighted by Gasteiger charge is 2.23. The first-order valence-electron chi connectivity index (χ1n) is 10.3. The second-order valence-electron chi connectivity index (χ2n) is 7.36. The van der Waals surface area contributed by atoms with Gasteiger partial charge in [0.05, 0.1) is 28.4 Å². The first kappa shape index (κ1) is 21.7. The smallest absolute Gasteiger partial charge is 0.247 e. The van der Waals surface area contributed by atoms with E-state index in [0.29, 0.717) is 35.0 Å². The van der Waals surface area contributed by atoms with E-state index in [4.69, 9.17) is 15.5 Å². The molecule has 10 heteroatoms. The van der Waals surface area contributed by atoms with Crippen molar-refractivity contribution in [1.29, 1.82) is 0 Å². The standard InChI is InChI=1S/C24H17F2N5O2S/c25-15-2-3-18(16(26)10-15)31-24(29-12-27)20-9-13-7-8-33-19-5-4-17(30-22(19)23(13)34-20)14-1-6-21(32)28-11-14/h1-6,9-12H,7-8H2,(H,28,32)(H2,27,29,31). The number of thiophene rings is 1. The van der Waals surface area contributed by atoms with Crippen molar-refractivity contribution >= 4 is 29.2 Å². The Kier molecular flexibility index (Phi) is 5.72. The maximum atomic E-state index is 14.2. The number of aliphatic imine (C=N–C) groups is 2. The molecule has 3 N–H and O–H groups in total. The monoisotopic (exact) mass is 477 g/mol. The third-order valence-electron chi connectivity index (χ3n) is 5.14. The lowest BCUT2D eigenvalue weighted by molar-refractivity contribution is 0.325. The van der Waals surface area contributed by atoms with Crippen LogP contribution in [0.25, 0.3) is 21.8 Å². The highest BCUT2D eigenvalue weighted by Crippen LogP contribution is 2.41. The summed E-state index contributed by atoms with van der Waals surface area (Å²) in [7, 11) is 0. The van der Waals surface area contributed by atoms with Crippen LogP contribution < -0.4 is 16.0 Å². The number of benzene rings is 1. The third-order valence-corrected chi connectivity index (χ3v) is 6.32. The number of aromatic amines is 1. The summed E-state index contributed by atoms with van der Waals surface area (Å²) in [5.41, 5.74) is 8.33. The number of ether oxygens (including phenoxy) is 1. The Hall–Kier alpha value is -4.18. The number of nitrogens with two attached hydrogens (primary N) is 1. The van der Waals surface area contributed by atoms with Gasteiger partial charge in [-0.3, -0.25) is 4.79 Å². The Bertz CT molecular complexity index is 1490. The number of amidine groups is 1. The summed E-state index contributed by atoms with van der Waals surface area (Å²) in [5, 5.41) is 0. The number of H-pyrrole nitrogens is 1. The lowest BCUT2D eigenvalue weighted by Gasteiger charge is -2.09. The highest BCUT2D eigenvalue weighted by atomic mass is 32.1. The number of aromatic nitrogens is 2. The predicted octanol–water partition coefficient (Wildman–Crippen LogP) is 4.44. The van der Waals surface area contributed by atoms with Crippen molar-refractivity contribution < 1.29 is 13.5 Å². The molecule has 0 fully saturated rings. The van der Waals surface area contributed by atoms with Gasteiger partial charge in [-0.15, -0.1) is 11.3 Å². The van der Waals surface area contributed by atoms with Crippen molar-refractivity contribution in [3.63, 3.8) is 0 Å². The van der Waals surface area contributed by atoms with Crippen LogP contribution in [-0.2, 0) is 6.42 Å². The third kappa shape index (κ3) is 4.23. The van der Waals surface area contributed by atoms with E-state index in [1.807, 2.05) is 18.2 Å². The average Bonchev–Trinajstić information content (AvgIpc) is 3.17. The number of halogens is 2. The molecule has 1 aliphatic heterocycles. The number of hydrogen-bond donors (Lipinski definition) is 2. The first-order chi connectivity index (χ1) is 16.5. The van der Waals surface area contributed by atoms with Crippen LogP contribution in [0.2, 0.25) is 0 Å². The summed E-state index contributed by atoms with van der Waals surface area (Å²) in [4.78, 5) is 28.8. The molecule has 0 saturated heterocycles. The van der Waals surface area contributed by atoms with Crippen LogP contribution in [0.1, 0.15) is 10.4 Å². The Labute approximate surface area is 196 Å². The molecule has 5 rings (SSSR count). The van der Waals surface area contributed by atoms with Crippen molar-refractivity contribution in [2.75, 3.05) is 6.61 Å². The number of fused-ring (bicyclic) bond motifs is 3. The van der Waals surface area contributed by atoms with Gasteiger partial charge in [0.2, 0.25) is 5.56 Å². The minimum Gasteiger partial charge on any atom is -0.491 e. The Morgan fingerprint density at radius 3 is 2.82 bits per heavy atom. The van der Waals surface area contributed by atoms with Crippen molar-refractivity contribution in [3.05, 3.63) is 87.2 Å². The molecule has 34 heavy (non-hydrogen) atoms. The Balaban J connectivity index is 1.61. The molecule has 3 aromatic heterocycles. The lowest BCUT2D eigenvalue weighted by Crippen LogP contribution is -2.02. The summed E-state index contributed by atoms with van der Waals surface area (Å²) in [6.07, 6.45) is 3.31. The molecule has 4 aromatic rings.